The van der Waals surface area contributed by atoms with Gasteiger partial charge in [-0.2, -0.15) is 4.31 Å². The molecule has 0 spiro atoms. The van der Waals surface area contributed by atoms with Crippen molar-refractivity contribution in [2.75, 3.05) is 33.3 Å². The first-order valence-corrected chi connectivity index (χ1v) is 9.91. The molecule has 3 rings (SSSR count). The van der Waals surface area contributed by atoms with Gasteiger partial charge in [0.2, 0.25) is 0 Å². The molecule has 5 nitrogen and oxygen atoms in total. The number of rotatable bonds is 5. The van der Waals surface area contributed by atoms with Crippen molar-refractivity contribution in [3.8, 4) is 5.75 Å². The zero-order valence-electron chi connectivity index (χ0n) is 13.3. The summed E-state index contributed by atoms with van der Waals surface area (Å²) in [5.41, 5.74) is 0.850. The van der Waals surface area contributed by atoms with Gasteiger partial charge in [0.1, 0.15) is 4.21 Å². The second-order valence-electron chi connectivity index (χ2n) is 5.58. The molecule has 130 valence electrons. The molecule has 2 aromatic rings. The van der Waals surface area contributed by atoms with Crippen molar-refractivity contribution in [1.29, 1.82) is 0 Å². The van der Waals surface area contributed by atoms with Crippen molar-refractivity contribution in [2.24, 2.45) is 0 Å². The van der Waals surface area contributed by atoms with E-state index in [9.17, 15) is 12.8 Å². The van der Waals surface area contributed by atoms with Gasteiger partial charge >= 0.3 is 0 Å². The zero-order chi connectivity index (χ0) is 17.2. The first kappa shape index (κ1) is 17.3. The molecule has 1 aliphatic heterocycles. The largest absolute Gasteiger partial charge is 0.494 e. The van der Waals surface area contributed by atoms with Gasteiger partial charge in [-0.3, -0.25) is 4.90 Å². The van der Waals surface area contributed by atoms with Gasteiger partial charge in [-0.1, -0.05) is 12.1 Å². The average molecular weight is 370 g/mol. The van der Waals surface area contributed by atoms with Crippen LogP contribution in [-0.2, 0) is 16.6 Å². The quantitative estimate of drug-likeness (QED) is 0.811. The third-order valence-corrected chi connectivity index (χ3v) is 7.31. The molecule has 0 bridgehead atoms. The number of piperazine rings is 1. The highest BCUT2D eigenvalue weighted by Gasteiger charge is 2.29. The second kappa shape index (κ2) is 7.18. The van der Waals surface area contributed by atoms with Crippen LogP contribution in [0.2, 0.25) is 0 Å². The van der Waals surface area contributed by atoms with Crippen LogP contribution in [-0.4, -0.2) is 50.9 Å². The summed E-state index contributed by atoms with van der Waals surface area (Å²) in [6, 6.07) is 8.28. The van der Waals surface area contributed by atoms with Crippen molar-refractivity contribution in [3.05, 3.63) is 47.1 Å². The number of benzene rings is 1. The average Bonchev–Trinajstić information content (AvgIpc) is 3.11. The SMILES string of the molecule is COc1ccc(CN2CCN(S(=O)(=O)c3cccs3)CC2)cc1F. The molecule has 24 heavy (non-hydrogen) atoms. The molecule has 1 saturated heterocycles. The number of hydrogen-bond donors (Lipinski definition) is 0. The van der Waals surface area contributed by atoms with Gasteiger partial charge in [-0.05, 0) is 29.1 Å². The normalized spacial score (nSPS) is 17.1. The van der Waals surface area contributed by atoms with E-state index in [0.717, 1.165) is 5.56 Å². The summed E-state index contributed by atoms with van der Waals surface area (Å²) in [4.78, 5) is 2.13. The number of nitrogens with zero attached hydrogens (tertiary/aromatic N) is 2. The lowest BCUT2D eigenvalue weighted by molar-refractivity contribution is 0.181. The number of halogens is 1. The molecule has 1 fully saturated rings. The van der Waals surface area contributed by atoms with Gasteiger partial charge in [-0.25, -0.2) is 12.8 Å². The Bertz CT molecular complexity index is 786. The van der Waals surface area contributed by atoms with E-state index in [0.29, 0.717) is 36.9 Å². The van der Waals surface area contributed by atoms with E-state index in [1.165, 1.54) is 28.8 Å². The fraction of sp³-hybridized carbons (Fsp3) is 0.375. The molecule has 1 aromatic heterocycles. The number of ether oxygens (including phenoxy) is 1. The highest BCUT2D eigenvalue weighted by Crippen LogP contribution is 2.23. The summed E-state index contributed by atoms with van der Waals surface area (Å²) in [6.45, 7) is 2.72. The van der Waals surface area contributed by atoms with Crippen molar-refractivity contribution in [3.63, 3.8) is 0 Å². The summed E-state index contributed by atoms with van der Waals surface area (Å²) in [5.74, 6) is -0.153. The topological polar surface area (TPSA) is 49.9 Å². The highest BCUT2D eigenvalue weighted by atomic mass is 32.2. The molecular formula is C16H19FN2O3S2. The predicted octanol–water partition coefficient (Wildman–Crippen LogP) is 2.40. The molecule has 1 aromatic carbocycles. The van der Waals surface area contributed by atoms with Crippen LogP contribution in [0.3, 0.4) is 0 Å². The minimum atomic E-state index is -3.38. The Morgan fingerprint density at radius 1 is 1.21 bits per heavy atom. The van der Waals surface area contributed by atoms with Crippen LogP contribution in [0.15, 0.2) is 39.9 Å². The first-order valence-electron chi connectivity index (χ1n) is 7.59. The van der Waals surface area contributed by atoms with Gasteiger partial charge in [0.25, 0.3) is 10.0 Å². The summed E-state index contributed by atoms with van der Waals surface area (Å²) >= 11 is 1.24. The molecule has 0 unspecified atom stereocenters. The molecule has 0 N–H and O–H groups in total. The van der Waals surface area contributed by atoms with E-state index in [4.69, 9.17) is 4.74 Å². The van der Waals surface area contributed by atoms with Crippen LogP contribution in [0.4, 0.5) is 4.39 Å². The number of hydrogen-bond acceptors (Lipinski definition) is 5. The Balaban J connectivity index is 1.60. The Hall–Kier alpha value is -1.48. The van der Waals surface area contributed by atoms with Crippen LogP contribution in [0.1, 0.15) is 5.56 Å². The third-order valence-electron chi connectivity index (χ3n) is 4.04. The number of sulfonamides is 1. The smallest absolute Gasteiger partial charge is 0.252 e. The van der Waals surface area contributed by atoms with Crippen LogP contribution in [0.5, 0.6) is 5.75 Å². The summed E-state index contributed by atoms with van der Waals surface area (Å²) < 4.78 is 45.5. The molecule has 0 saturated carbocycles. The maximum Gasteiger partial charge on any atom is 0.252 e. The number of thiophene rings is 1. The molecule has 0 amide bonds. The minimum Gasteiger partial charge on any atom is -0.494 e. The van der Waals surface area contributed by atoms with E-state index < -0.39 is 10.0 Å². The van der Waals surface area contributed by atoms with Crippen LogP contribution >= 0.6 is 11.3 Å². The highest BCUT2D eigenvalue weighted by molar-refractivity contribution is 7.91. The second-order valence-corrected chi connectivity index (χ2v) is 8.69. The van der Waals surface area contributed by atoms with Crippen LogP contribution in [0, 0.1) is 5.82 Å². The molecule has 1 aliphatic rings. The van der Waals surface area contributed by atoms with Gasteiger partial charge in [0.05, 0.1) is 7.11 Å². The number of methoxy groups -OCH3 is 1. The fourth-order valence-electron chi connectivity index (χ4n) is 2.73. The first-order chi connectivity index (χ1) is 11.5. The predicted molar refractivity (Wildman–Crippen MR) is 91.3 cm³/mol. The minimum absolute atomic E-state index is 0.227. The third kappa shape index (κ3) is 3.61. The molecule has 0 aliphatic carbocycles. The summed E-state index contributed by atoms with van der Waals surface area (Å²) in [5, 5.41) is 1.77. The van der Waals surface area contributed by atoms with E-state index in [1.54, 1.807) is 23.6 Å². The lowest BCUT2D eigenvalue weighted by Gasteiger charge is -2.33. The van der Waals surface area contributed by atoms with Crippen molar-refractivity contribution in [1.82, 2.24) is 9.21 Å². The Labute approximate surface area is 145 Å². The lowest BCUT2D eigenvalue weighted by Crippen LogP contribution is -2.48. The Morgan fingerprint density at radius 3 is 2.54 bits per heavy atom. The van der Waals surface area contributed by atoms with Crippen molar-refractivity contribution >= 4 is 21.4 Å². The van der Waals surface area contributed by atoms with Gasteiger partial charge < -0.3 is 4.74 Å². The summed E-state index contributed by atoms with van der Waals surface area (Å²) in [6.07, 6.45) is 0. The van der Waals surface area contributed by atoms with Gasteiger partial charge in [-0.15, -0.1) is 11.3 Å². The van der Waals surface area contributed by atoms with Crippen LogP contribution in [0.25, 0.3) is 0 Å². The standard InChI is InChI=1S/C16H19FN2O3S2/c1-22-15-5-4-13(11-14(15)17)12-18-6-8-19(9-7-18)24(20,21)16-3-2-10-23-16/h2-5,10-11H,6-9,12H2,1H3. The monoisotopic (exact) mass is 370 g/mol. The summed E-state index contributed by atoms with van der Waals surface area (Å²) in [7, 11) is -1.95. The van der Waals surface area contributed by atoms with Crippen molar-refractivity contribution in [2.45, 2.75) is 10.8 Å². The van der Waals surface area contributed by atoms with Gasteiger partial charge in [0, 0.05) is 32.7 Å². The van der Waals surface area contributed by atoms with Crippen LogP contribution < -0.4 is 4.74 Å². The molecule has 0 radical (unpaired) electrons. The van der Waals surface area contributed by atoms with E-state index in [-0.39, 0.29) is 11.6 Å². The van der Waals surface area contributed by atoms with E-state index in [1.807, 2.05) is 6.07 Å². The van der Waals surface area contributed by atoms with Gasteiger partial charge in [0.15, 0.2) is 11.6 Å². The maximum atomic E-state index is 13.8. The Kier molecular flexibility index (Phi) is 5.19. The maximum absolute atomic E-state index is 13.8. The van der Waals surface area contributed by atoms with E-state index in [2.05, 4.69) is 4.90 Å². The molecular weight excluding hydrogens is 351 g/mol. The molecule has 2 heterocycles. The zero-order valence-corrected chi connectivity index (χ0v) is 14.9. The lowest BCUT2D eigenvalue weighted by atomic mass is 10.2. The molecule has 0 atom stereocenters. The Morgan fingerprint density at radius 2 is 1.96 bits per heavy atom. The van der Waals surface area contributed by atoms with E-state index >= 15 is 0 Å². The molecule has 8 heteroatoms. The fourth-order valence-corrected chi connectivity index (χ4v) is 5.30. The van der Waals surface area contributed by atoms with Crippen molar-refractivity contribution < 1.29 is 17.5 Å².